The summed E-state index contributed by atoms with van der Waals surface area (Å²) in [4.78, 5) is 16.3. The third-order valence-electron chi connectivity index (χ3n) is 3.01. The van der Waals surface area contributed by atoms with Gasteiger partial charge < -0.3 is 14.2 Å². The van der Waals surface area contributed by atoms with Crippen molar-refractivity contribution in [1.29, 1.82) is 0 Å². The molecule has 1 aliphatic rings. The van der Waals surface area contributed by atoms with Crippen LogP contribution >= 0.6 is 11.6 Å². The van der Waals surface area contributed by atoms with Crippen molar-refractivity contribution in [3.63, 3.8) is 0 Å². The zero-order valence-electron chi connectivity index (χ0n) is 11.9. The summed E-state index contributed by atoms with van der Waals surface area (Å²) in [7, 11) is 0. The van der Waals surface area contributed by atoms with Crippen molar-refractivity contribution >= 4 is 17.6 Å². The maximum absolute atomic E-state index is 12.1. The minimum absolute atomic E-state index is 0.0578. The average Bonchev–Trinajstić information content (AvgIpc) is 2.88. The minimum Gasteiger partial charge on any atom is -0.468 e. The molecule has 1 fully saturated rings. The highest BCUT2D eigenvalue weighted by Crippen LogP contribution is 2.23. The summed E-state index contributed by atoms with van der Waals surface area (Å²) in [6, 6.07) is 4.88. The molecule has 0 saturated carbocycles. The first-order chi connectivity index (χ1) is 10.7. The summed E-state index contributed by atoms with van der Waals surface area (Å²) in [5.74, 6) is 0.126. The van der Waals surface area contributed by atoms with Crippen LogP contribution < -0.4 is 4.74 Å². The molecule has 0 bridgehead atoms. The lowest BCUT2D eigenvalue weighted by molar-refractivity contribution is -0.0814. The zero-order valence-corrected chi connectivity index (χ0v) is 12.6. The van der Waals surface area contributed by atoms with Gasteiger partial charge in [-0.3, -0.25) is 0 Å². The van der Waals surface area contributed by atoms with Crippen LogP contribution in [0.1, 0.15) is 17.4 Å². The molecule has 0 spiro atoms. The van der Waals surface area contributed by atoms with Gasteiger partial charge >= 0.3 is 5.97 Å². The topological polar surface area (TPSA) is 75.5 Å². The van der Waals surface area contributed by atoms with Gasteiger partial charge in [0.2, 0.25) is 5.88 Å². The first-order valence-electron chi connectivity index (χ1n) is 6.81. The van der Waals surface area contributed by atoms with E-state index in [-0.39, 0.29) is 18.4 Å². The van der Waals surface area contributed by atoms with Crippen molar-refractivity contribution in [2.45, 2.75) is 13.0 Å². The van der Waals surface area contributed by atoms with Crippen LogP contribution in [0, 0.1) is 0 Å². The lowest BCUT2D eigenvalue weighted by atomic mass is 10.3. The van der Waals surface area contributed by atoms with E-state index in [1.165, 1.54) is 10.7 Å². The molecule has 0 radical (unpaired) electrons. The number of nitrogens with zero attached hydrogens (tertiary/aromatic N) is 3. The lowest BCUT2D eigenvalue weighted by Gasteiger charge is -2.25. The molecule has 0 aliphatic carbocycles. The van der Waals surface area contributed by atoms with E-state index in [4.69, 9.17) is 25.8 Å². The van der Waals surface area contributed by atoms with E-state index in [0.29, 0.717) is 29.9 Å². The fraction of sp³-hybridized carbons (Fsp3) is 0.357. The summed E-state index contributed by atoms with van der Waals surface area (Å²) in [5.41, 5.74) is 0.206. The van der Waals surface area contributed by atoms with Crippen LogP contribution in [-0.2, 0) is 9.47 Å². The second-order valence-corrected chi connectivity index (χ2v) is 4.99. The number of aromatic nitrogens is 3. The van der Waals surface area contributed by atoms with Crippen molar-refractivity contribution in [3.8, 4) is 11.7 Å². The van der Waals surface area contributed by atoms with Crippen LogP contribution in [-0.4, -0.2) is 46.7 Å². The third-order valence-corrected chi connectivity index (χ3v) is 3.30. The molecule has 3 heterocycles. The Morgan fingerprint density at radius 1 is 1.55 bits per heavy atom. The van der Waals surface area contributed by atoms with Crippen LogP contribution in [0.25, 0.3) is 5.82 Å². The van der Waals surface area contributed by atoms with E-state index >= 15 is 0 Å². The molecule has 2 aromatic heterocycles. The SMILES string of the molecule is CCOC(=O)c1cc(OC2COC2)nn1-c1ncccc1Cl. The Balaban J connectivity index is 1.98. The lowest BCUT2D eigenvalue weighted by Crippen LogP contribution is -2.38. The van der Waals surface area contributed by atoms with Crippen molar-refractivity contribution in [1.82, 2.24) is 14.8 Å². The van der Waals surface area contributed by atoms with Gasteiger partial charge in [0.15, 0.2) is 11.5 Å². The molecule has 0 atom stereocenters. The van der Waals surface area contributed by atoms with Crippen molar-refractivity contribution in [3.05, 3.63) is 35.1 Å². The molecule has 8 heteroatoms. The average molecular weight is 324 g/mol. The van der Waals surface area contributed by atoms with Crippen molar-refractivity contribution < 1.29 is 19.0 Å². The third kappa shape index (κ3) is 2.90. The Morgan fingerprint density at radius 2 is 2.36 bits per heavy atom. The van der Waals surface area contributed by atoms with Gasteiger partial charge in [-0.15, -0.1) is 5.10 Å². The smallest absolute Gasteiger partial charge is 0.357 e. The molecule has 0 amide bonds. The quantitative estimate of drug-likeness (QED) is 0.782. The van der Waals surface area contributed by atoms with Crippen molar-refractivity contribution in [2.75, 3.05) is 19.8 Å². The molecule has 1 aliphatic heterocycles. The van der Waals surface area contributed by atoms with Gasteiger partial charge in [0.1, 0.15) is 6.10 Å². The van der Waals surface area contributed by atoms with Crippen molar-refractivity contribution in [2.24, 2.45) is 0 Å². The van der Waals surface area contributed by atoms with E-state index in [2.05, 4.69) is 10.1 Å². The molecular formula is C14H14ClN3O4. The van der Waals surface area contributed by atoms with Crippen LogP contribution in [0.5, 0.6) is 5.88 Å². The zero-order chi connectivity index (χ0) is 15.5. The highest BCUT2D eigenvalue weighted by molar-refractivity contribution is 6.32. The monoisotopic (exact) mass is 323 g/mol. The van der Waals surface area contributed by atoms with Gasteiger partial charge in [-0.1, -0.05) is 11.6 Å². The first-order valence-corrected chi connectivity index (χ1v) is 7.19. The number of esters is 1. The Labute approximate surface area is 131 Å². The Bertz CT molecular complexity index is 684. The van der Waals surface area contributed by atoms with Crippen LogP contribution in [0.3, 0.4) is 0 Å². The number of rotatable bonds is 5. The Kier molecular flexibility index (Phi) is 4.26. The fourth-order valence-corrected chi connectivity index (χ4v) is 2.12. The van der Waals surface area contributed by atoms with Gasteiger partial charge in [-0.25, -0.2) is 14.5 Å². The summed E-state index contributed by atoms with van der Waals surface area (Å²) in [6.07, 6.45) is 1.51. The molecule has 0 aromatic carbocycles. The van der Waals surface area contributed by atoms with E-state index in [1.54, 1.807) is 25.3 Å². The van der Waals surface area contributed by atoms with Crippen LogP contribution in [0.15, 0.2) is 24.4 Å². The maximum Gasteiger partial charge on any atom is 0.357 e. The molecule has 0 N–H and O–H groups in total. The predicted molar refractivity (Wildman–Crippen MR) is 77.6 cm³/mol. The number of carbonyl (C=O) groups excluding carboxylic acids is 1. The molecule has 7 nitrogen and oxygen atoms in total. The number of ether oxygens (including phenoxy) is 3. The number of hydrogen-bond donors (Lipinski definition) is 0. The molecule has 116 valence electrons. The second kappa shape index (κ2) is 6.33. The summed E-state index contributed by atoms with van der Waals surface area (Å²) >= 11 is 6.13. The van der Waals surface area contributed by atoms with Gasteiger partial charge in [-0.2, -0.15) is 0 Å². The first kappa shape index (κ1) is 14.8. The molecule has 1 saturated heterocycles. The molecule has 2 aromatic rings. The van der Waals surface area contributed by atoms with E-state index in [1.807, 2.05) is 0 Å². The predicted octanol–water partition coefficient (Wildman–Crippen LogP) is 1.87. The highest BCUT2D eigenvalue weighted by atomic mass is 35.5. The normalized spacial score (nSPS) is 14.5. The second-order valence-electron chi connectivity index (χ2n) is 4.59. The van der Waals surface area contributed by atoms with Gasteiger partial charge in [0.05, 0.1) is 24.8 Å². The molecule has 3 rings (SSSR count). The number of pyridine rings is 1. The number of hydrogen-bond acceptors (Lipinski definition) is 6. The Morgan fingerprint density at radius 3 is 3.00 bits per heavy atom. The minimum atomic E-state index is -0.517. The number of carbonyl (C=O) groups is 1. The highest BCUT2D eigenvalue weighted by Gasteiger charge is 2.25. The van der Waals surface area contributed by atoms with E-state index in [0.717, 1.165) is 0 Å². The Hall–Kier alpha value is -2.12. The van der Waals surface area contributed by atoms with Gasteiger partial charge in [-0.05, 0) is 19.1 Å². The van der Waals surface area contributed by atoms with Crippen LogP contribution in [0.4, 0.5) is 0 Å². The van der Waals surface area contributed by atoms with E-state index < -0.39 is 5.97 Å². The standard InChI is InChI=1S/C14H14ClN3O4/c1-2-21-14(19)11-6-12(22-9-7-20-8-9)17-18(11)13-10(15)4-3-5-16-13/h3-6,9H,2,7-8H2,1H3. The van der Waals surface area contributed by atoms with Crippen LogP contribution in [0.2, 0.25) is 5.02 Å². The summed E-state index contributed by atoms with van der Waals surface area (Å²) in [5, 5.41) is 4.63. The summed E-state index contributed by atoms with van der Waals surface area (Å²) < 4.78 is 17.0. The van der Waals surface area contributed by atoms with Gasteiger partial charge in [0, 0.05) is 12.3 Å². The largest absolute Gasteiger partial charge is 0.468 e. The summed E-state index contributed by atoms with van der Waals surface area (Å²) in [6.45, 7) is 3.00. The number of halogens is 1. The van der Waals surface area contributed by atoms with Gasteiger partial charge in [0.25, 0.3) is 0 Å². The fourth-order valence-electron chi connectivity index (χ4n) is 1.91. The molecule has 0 unspecified atom stereocenters. The molecular weight excluding hydrogens is 310 g/mol. The molecule has 22 heavy (non-hydrogen) atoms. The maximum atomic E-state index is 12.1. The van der Waals surface area contributed by atoms with E-state index in [9.17, 15) is 4.79 Å².